The van der Waals surface area contributed by atoms with Gasteiger partial charge >= 0.3 is 0 Å². The van der Waals surface area contributed by atoms with Gasteiger partial charge in [-0.15, -0.1) is 24.8 Å². The van der Waals surface area contributed by atoms with E-state index in [0.29, 0.717) is 5.56 Å². The molecule has 0 atom stereocenters. The van der Waals surface area contributed by atoms with Crippen molar-refractivity contribution >= 4 is 30.7 Å². The van der Waals surface area contributed by atoms with Gasteiger partial charge in [-0.05, 0) is 18.6 Å². The Hall–Kier alpha value is -0.980. The fourth-order valence-electron chi connectivity index (χ4n) is 1.09. The van der Waals surface area contributed by atoms with E-state index in [1.165, 1.54) is 6.20 Å². The average molecular weight is 302 g/mol. The van der Waals surface area contributed by atoms with Crippen LogP contribution in [0, 0.1) is 6.92 Å². The molecule has 0 spiro atoms. The number of carbonyl (C=O) groups is 1. The summed E-state index contributed by atoms with van der Waals surface area (Å²) in [5.41, 5.74) is 5.63. The van der Waals surface area contributed by atoms with E-state index in [1.807, 2.05) is 0 Å². The van der Waals surface area contributed by atoms with Crippen LogP contribution in [-0.4, -0.2) is 29.9 Å². The third-order valence-electron chi connectivity index (χ3n) is 2.03. The molecule has 4 nitrogen and oxygen atoms in total. The van der Waals surface area contributed by atoms with Crippen molar-refractivity contribution in [2.75, 3.05) is 13.1 Å². The minimum absolute atomic E-state index is 0. The van der Waals surface area contributed by atoms with Crippen molar-refractivity contribution < 1.29 is 13.6 Å². The molecule has 1 rings (SSSR count). The third kappa shape index (κ3) is 5.57. The summed E-state index contributed by atoms with van der Waals surface area (Å²) in [5, 5.41) is 2.10. The SMILES string of the molecule is Cc1cccnc1C(=O)NCC(F)(F)CN.Cl.Cl. The molecule has 1 heterocycles. The van der Waals surface area contributed by atoms with Crippen LogP contribution in [-0.2, 0) is 0 Å². The highest BCUT2D eigenvalue weighted by Gasteiger charge is 2.27. The van der Waals surface area contributed by atoms with Crippen LogP contribution in [0.25, 0.3) is 0 Å². The molecule has 0 aliphatic carbocycles. The number of amides is 1. The van der Waals surface area contributed by atoms with E-state index >= 15 is 0 Å². The molecule has 0 aliphatic heterocycles. The summed E-state index contributed by atoms with van der Waals surface area (Å²) in [5.74, 6) is -3.70. The second-order valence-corrected chi connectivity index (χ2v) is 3.41. The van der Waals surface area contributed by atoms with E-state index < -0.39 is 24.9 Å². The topological polar surface area (TPSA) is 68.0 Å². The van der Waals surface area contributed by atoms with Gasteiger partial charge in [-0.25, -0.2) is 8.78 Å². The van der Waals surface area contributed by atoms with Crippen LogP contribution in [0.4, 0.5) is 8.78 Å². The maximum Gasteiger partial charge on any atom is 0.277 e. The summed E-state index contributed by atoms with van der Waals surface area (Å²) in [6, 6.07) is 3.35. The number of carbonyl (C=O) groups excluding carboxylic acids is 1. The van der Waals surface area contributed by atoms with Crippen molar-refractivity contribution in [3.05, 3.63) is 29.6 Å². The number of rotatable bonds is 4. The van der Waals surface area contributed by atoms with Gasteiger partial charge in [-0.2, -0.15) is 0 Å². The Balaban J connectivity index is 0. The van der Waals surface area contributed by atoms with Gasteiger partial charge in [-0.3, -0.25) is 9.78 Å². The third-order valence-corrected chi connectivity index (χ3v) is 2.03. The van der Waals surface area contributed by atoms with Gasteiger partial charge in [0.1, 0.15) is 5.69 Å². The molecule has 18 heavy (non-hydrogen) atoms. The highest BCUT2D eigenvalue weighted by molar-refractivity contribution is 5.93. The van der Waals surface area contributed by atoms with Gasteiger partial charge in [0.05, 0.1) is 13.1 Å². The van der Waals surface area contributed by atoms with Gasteiger partial charge in [0, 0.05) is 6.20 Å². The smallest absolute Gasteiger partial charge is 0.277 e. The minimum Gasteiger partial charge on any atom is -0.345 e. The van der Waals surface area contributed by atoms with Crippen LogP contribution in [0.15, 0.2) is 18.3 Å². The zero-order valence-corrected chi connectivity index (χ0v) is 11.3. The average Bonchev–Trinajstić information content (AvgIpc) is 2.27. The number of nitrogens with two attached hydrogens (primary N) is 1. The first-order chi connectivity index (χ1) is 7.46. The lowest BCUT2D eigenvalue weighted by Crippen LogP contribution is -2.41. The lowest BCUT2D eigenvalue weighted by Gasteiger charge is -2.14. The number of pyridine rings is 1. The lowest BCUT2D eigenvalue weighted by atomic mass is 10.2. The number of nitrogens with zero attached hydrogens (tertiary/aromatic N) is 1. The Morgan fingerprint density at radius 1 is 1.50 bits per heavy atom. The fraction of sp³-hybridized carbons (Fsp3) is 0.400. The van der Waals surface area contributed by atoms with E-state index in [1.54, 1.807) is 19.1 Å². The Kier molecular flexibility index (Phi) is 8.80. The Morgan fingerprint density at radius 3 is 2.61 bits per heavy atom. The quantitative estimate of drug-likeness (QED) is 0.887. The normalized spacial score (nSPS) is 10.0. The highest BCUT2D eigenvalue weighted by atomic mass is 35.5. The van der Waals surface area contributed by atoms with Crippen molar-refractivity contribution in [1.29, 1.82) is 0 Å². The number of aromatic nitrogens is 1. The Morgan fingerprint density at radius 2 is 2.11 bits per heavy atom. The molecule has 1 aromatic heterocycles. The first kappa shape index (κ1) is 19.4. The summed E-state index contributed by atoms with van der Waals surface area (Å²) in [4.78, 5) is 15.3. The zero-order chi connectivity index (χ0) is 12.2. The molecule has 1 amide bonds. The van der Waals surface area contributed by atoms with E-state index in [0.717, 1.165) is 0 Å². The van der Waals surface area contributed by atoms with Crippen LogP contribution >= 0.6 is 24.8 Å². The molecule has 0 fully saturated rings. The minimum atomic E-state index is -3.08. The monoisotopic (exact) mass is 301 g/mol. The highest BCUT2D eigenvalue weighted by Crippen LogP contribution is 2.09. The van der Waals surface area contributed by atoms with E-state index in [9.17, 15) is 13.6 Å². The largest absolute Gasteiger partial charge is 0.345 e. The van der Waals surface area contributed by atoms with Crippen molar-refractivity contribution in [1.82, 2.24) is 10.3 Å². The molecule has 104 valence electrons. The zero-order valence-electron chi connectivity index (χ0n) is 9.65. The summed E-state index contributed by atoms with van der Waals surface area (Å²) < 4.78 is 25.5. The fourth-order valence-corrected chi connectivity index (χ4v) is 1.09. The van der Waals surface area contributed by atoms with Crippen LogP contribution in [0.3, 0.4) is 0 Å². The molecule has 0 aliphatic rings. The molecule has 0 aromatic carbocycles. The number of nitrogens with one attached hydrogen (secondary N) is 1. The van der Waals surface area contributed by atoms with Crippen LogP contribution in [0.2, 0.25) is 0 Å². The molecule has 8 heteroatoms. The van der Waals surface area contributed by atoms with Gasteiger partial charge in [0.15, 0.2) is 0 Å². The molecule has 0 unspecified atom stereocenters. The predicted octanol–water partition coefficient (Wildman–Crippen LogP) is 1.56. The number of hydrogen-bond donors (Lipinski definition) is 2. The maximum absolute atomic E-state index is 12.8. The number of aryl methyl sites for hydroxylation is 1. The van der Waals surface area contributed by atoms with Gasteiger partial charge in [0.2, 0.25) is 0 Å². The number of hydrogen-bond acceptors (Lipinski definition) is 3. The summed E-state index contributed by atoms with van der Waals surface area (Å²) in [6.45, 7) is 0.107. The van der Waals surface area contributed by atoms with Crippen molar-refractivity contribution in [2.45, 2.75) is 12.8 Å². The van der Waals surface area contributed by atoms with Gasteiger partial charge in [-0.1, -0.05) is 6.07 Å². The standard InChI is InChI=1S/C10H13F2N3O.2ClH/c1-7-3-2-4-14-8(7)9(16)15-6-10(11,12)5-13;;/h2-4H,5-6,13H2,1H3,(H,15,16);2*1H. The molecule has 0 saturated carbocycles. The van der Waals surface area contributed by atoms with Crippen molar-refractivity contribution in [3.63, 3.8) is 0 Å². The lowest BCUT2D eigenvalue weighted by molar-refractivity contribution is 0.0118. The van der Waals surface area contributed by atoms with E-state index in [4.69, 9.17) is 5.73 Å². The summed E-state index contributed by atoms with van der Waals surface area (Å²) in [7, 11) is 0. The van der Waals surface area contributed by atoms with Crippen LogP contribution in [0.5, 0.6) is 0 Å². The second-order valence-electron chi connectivity index (χ2n) is 3.41. The molecule has 1 aromatic rings. The Labute approximate surface area is 116 Å². The first-order valence-electron chi connectivity index (χ1n) is 4.74. The maximum atomic E-state index is 12.8. The Bertz CT molecular complexity index is 391. The molecular weight excluding hydrogens is 287 g/mol. The van der Waals surface area contributed by atoms with Crippen LogP contribution in [0.1, 0.15) is 16.1 Å². The van der Waals surface area contributed by atoms with Gasteiger partial charge in [0.25, 0.3) is 11.8 Å². The van der Waals surface area contributed by atoms with Crippen molar-refractivity contribution in [2.24, 2.45) is 5.73 Å². The van der Waals surface area contributed by atoms with E-state index in [2.05, 4.69) is 10.3 Å². The molecule has 0 saturated heterocycles. The van der Waals surface area contributed by atoms with E-state index in [-0.39, 0.29) is 30.5 Å². The molecular formula is C10H15Cl2F2N3O. The second kappa shape index (κ2) is 8.18. The molecule has 0 radical (unpaired) electrons. The molecule has 3 N–H and O–H groups in total. The van der Waals surface area contributed by atoms with Gasteiger partial charge < -0.3 is 11.1 Å². The molecule has 0 bridgehead atoms. The van der Waals surface area contributed by atoms with Crippen molar-refractivity contribution in [3.8, 4) is 0 Å². The summed E-state index contributed by atoms with van der Waals surface area (Å²) >= 11 is 0. The summed E-state index contributed by atoms with van der Waals surface area (Å²) in [6.07, 6.45) is 1.43. The predicted molar refractivity (Wildman–Crippen MR) is 69.8 cm³/mol. The first-order valence-corrected chi connectivity index (χ1v) is 4.74. The number of alkyl halides is 2. The number of halogens is 4. The van der Waals surface area contributed by atoms with Crippen LogP contribution < -0.4 is 11.1 Å².